The van der Waals surface area contributed by atoms with Gasteiger partial charge in [-0.2, -0.15) is 0 Å². The minimum Gasteiger partial charge on any atom is -0.454 e. The summed E-state index contributed by atoms with van der Waals surface area (Å²) in [5, 5.41) is 10.0. The van der Waals surface area contributed by atoms with Gasteiger partial charge in [0.2, 0.25) is 0 Å². The number of hydrogen-bond acceptors (Lipinski definition) is 5. The lowest BCUT2D eigenvalue weighted by Gasteiger charge is -2.34. The first-order chi connectivity index (χ1) is 8.46. The fourth-order valence-electron chi connectivity index (χ4n) is 2.57. The minimum absolute atomic E-state index is 0.541. The topological polar surface area (TPSA) is 80.7 Å². The number of ether oxygens (including phenoxy) is 1. The van der Waals surface area contributed by atoms with Crippen LogP contribution in [0.1, 0.15) is 13.8 Å². The van der Waals surface area contributed by atoms with E-state index in [1.54, 1.807) is 19.1 Å². The second-order valence-electron chi connectivity index (χ2n) is 4.50. The predicted octanol–water partition coefficient (Wildman–Crippen LogP) is 0.179. The molecule has 5 nitrogen and oxygen atoms in total. The second-order valence-corrected chi connectivity index (χ2v) is 4.50. The smallest absolute Gasteiger partial charge is 0.324 e. The molecule has 1 saturated heterocycles. The summed E-state index contributed by atoms with van der Waals surface area (Å²) in [6.07, 6.45) is 3.34. The fourth-order valence-corrected chi connectivity index (χ4v) is 2.57. The maximum atomic E-state index is 12.2. The van der Waals surface area contributed by atoms with E-state index in [1.807, 2.05) is 0 Å². The Morgan fingerprint density at radius 2 is 2.06 bits per heavy atom. The number of Topliss-reactive ketones (excluding diaryl/α,β-unsaturated/α-hetero) is 1. The zero-order valence-electron chi connectivity index (χ0n) is 10.1. The van der Waals surface area contributed by atoms with Gasteiger partial charge in [0.05, 0.1) is 0 Å². The molecular formula is C13H14O5. The van der Waals surface area contributed by atoms with Crippen LogP contribution in [0.15, 0.2) is 24.3 Å². The number of aliphatic hydroxyl groups is 1. The van der Waals surface area contributed by atoms with Crippen molar-refractivity contribution in [1.82, 2.24) is 0 Å². The number of carbonyl (C=O) groups excluding carboxylic acids is 3. The molecule has 1 heterocycles. The molecule has 2 aliphatic rings. The normalized spacial score (nSPS) is 39.9. The summed E-state index contributed by atoms with van der Waals surface area (Å²) in [6, 6.07) is 0. The Hall–Kier alpha value is -1.75. The van der Waals surface area contributed by atoms with Crippen LogP contribution in [0.4, 0.5) is 0 Å². The van der Waals surface area contributed by atoms with E-state index in [4.69, 9.17) is 4.74 Å². The molecule has 96 valence electrons. The molecule has 0 radical (unpaired) electrons. The van der Waals surface area contributed by atoms with E-state index < -0.39 is 41.1 Å². The van der Waals surface area contributed by atoms with Gasteiger partial charge in [0.25, 0.3) is 0 Å². The van der Waals surface area contributed by atoms with Crippen LogP contribution < -0.4 is 0 Å². The van der Waals surface area contributed by atoms with Crippen LogP contribution in [0, 0.1) is 11.3 Å². The lowest BCUT2D eigenvalue weighted by molar-refractivity contribution is -0.160. The van der Waals surface area contributed by atoms with Crippen LogP contribution in [0.5, 0.6) is 0 Å². The third-order valence-electron chi connectivity index (χ3n) is 3.49. The average Bonchev–Trinajstić information content (AvgIpc) is 2.54. The van der Waals surface area contributed by atoms with E-state index in [1.165, 1.54) is 19.1 Å². The minimum atomic E-state index is -1.81. The van der Waals surface area contributed by atoms with Crippen LogP contribution in [0.25, 0.3) is 0 Å². The molecule has 1 aliphatic heterocycles. The molecule has 1 fully saturated rings. The van der Waals surface area contributed by atoms with Crippen molar-refractivity contribution in [2.24, 2.45) is 11.3 Å². The van der Waals surface area contributed by atoms with Crippen molar-refractivity contribution in [3.05, 3.63) is 24.3 Å². The molecule has 1 N–H and O–H groups in total. The maximum absolute atomic E-state index is 12.2. The van der Waals surface area contributed by atoms with Gasteiger partial charge in [0, 0.05) is 5.92 Å². The third-order valence-corrected chi connectivity index (χ3v) is 3.49. The molecule has 0 saturated carbocycles. The number of ketones is 2. The molecule has 0 aromatic rings. The molecule has 1 spiro atoms. The highest BCUT2D eigenvalue weighted by atomic mass is 16.6. The van der Waals surface area contributed by atoms with Gasteiger partial charge < -0.3 is 9.84 Å². The van der Waals surface area contributed by atoms with Gasteiger partial charge in [-0.05, 0) is 19.9 Å². The number of hydrogen-bond donors (Lipinski definition) is 1. The molecule has 4 atom stereocenters. The second kappa shape index (κ2) is 4.17. The van der Waals surface area contributed by atoms with Gasteiger partial charge in [-0.25, -0.2) is 0 Å². The van der Waals surface area contributed by atoms with Crippen molar-refractivity contribution in [2.75, 3.05) is 0 Å². The predicted molar refractivity (Wildman–Crippen MR) is 61.5 cm³/mol. The highest BCUT2D eigenvalue weighted by Crippen LogP contribution is 2.45. The van der Waals surface area contributed by atoms with Crippen LogP contribution in [-0.4, -0.2) is 34.9 Å². The first kappa shape index (κ1) is 12.7. The Morgan fingerprint density at radius 3 is 2.56 bits per heavy atom. The van der Waals surface area contributed by atoms with Gasteiger partial charge in [0.1, 0.15) is 6.10 Å². The van der Waals surface area contributed by atoms with Crippen molar-refractivity contribution >= 4 is 17.5 Å². The molecule has 18 heavy (non-hydrogen) atoms. The van der Waals surface area contributed by atoms with Gasteiger partial charge in [-0.3, -0.25) is 14.4 Å². The Kier molecular flexibility index (Phi) is 2.94. The van der Waals surface area contributed by atoms with E-state index in [0.29, 0.717) is 0 Å². The monoisotopic (exact) mass is 250 g/mol. The van der Waals surface area contributed by atoms with Crippen LogP contribution >= 0.6 is 0 Å². The third kappa shape index (κ3) is 1.40. The van der Waals surface area contributed by atoms with Crippen molar-refractivity contribution < 1.29 is 24.2 Å². The van der Waals surface area contributed by atoms with Crippen molar-refractivity contribution in [1.29, 1.82) is 0 Å². The zero-order valence-corrected chi connectivity index (χ0v) is 10.1. The van der Waals surface area contributed by atoms with Gasteiger partial charge in [-0.1, -0.05) is 18.2 Å². The molecular weight excluding hydrogens is 236 g/mol. The number of cyclic esters (lactones) is 1. The summed E-state index contributed by atoms with van der Waals surface area (Å²) in [5.41, 5.74) is -1.81. The maximum Gasteiger partial charge on any atom is 0.324 e. The Balaban J connectivity index is 2.62. The fraction of sp³-hybridized carbons (Fsp3) is 0.462. The summed E-state index contributed by atoms with van der Waals surface area (Å²) in [4.78, 5) is 35.8. The summed E-state index contributed by atoms with van der Waals surface area (Å²) in [5.74, 6) is -2.66. The van der Waals surface area contributed by atoms with Crippen LogP contribution in [-0.2, 0) is 19.1 Å². The standard InChI is InChI=1S/C13H14O5/c1-3-4-8-5-6-9(14)11(16)13(8)10(15)7(2)18-12(13)17/h3-8,11,16H,1-2H3/b4-3+/t7?,8-,11+,13?/m1/s1. The Bertz CT molecular complexity index is 476. The number of aliphatic hydroxyl groups excluding tert-OH is 1. The Labute approximate surface area is 104 Å². The summed E-state index contributed by atoms with van der Waals surface area (Å²) in [7, 11) is 0. The zero-order chi connectivity index (χ0) is 13.5. The first-order valence-electron chi connectivity index (χ1n) is 5.74. The molecule has 1 aliphatic carbocycles. The number of carbonyl (C=O) groups is 3. The summed E-state index contributed by atoms with van der Waals surface area (Å²) in [6.45, 7) is 3.18. The molecule has 0 bridgehead atoms. The lowest BCUT2D eigenvalue weighted by atomic mass is 9.64. The average molecular weight is 250 g/mol. The van der Waals surface area contributed by atoms with Crippen LogP contribution in [0.2, 0.25) is 0 Å². The Morgan fingerprint density at radius 1 is 1.39 bits per heavy atom. The molecule has 5 heteroatoms. The van der Waals surface area contributed by atoms with Gasteiger partial charge in [-0.15, -0.1) is 0 Å². The summed E-state index contributed by atoms with van der Waals surface area (Å²) >= 11 is 0. The molecule has 2 unspecified atom stereocenters. The highest BCUT2D eigenvalue weighted by molar-refractivity contribution is 6.17. The number of esters is 1. The molecule has 2 rings (SSSR count). The highest BCUT2D eigenvalue weighted by Gasteiger charge is 2.65. The molecule has 0 aromatic carbocycles. The van der Waals surface area contributed by atoms with Gasteiger partial charge >= 0.3 is 5.97 Å². The van der Waals surface area contributed by atoms with Crippen molar-refractivity contribution in [3.63, 3.8) is 0 Å². The largest absolute Gasteiger partial charge is 0.454 e. The lowest BCUT2D eigenvalue weighted by Crippen LogP contribution is -2.55. The SMILES string of the molecule is C/C=C/[C@@H]1C=CC(=O)[C@H](O)C12C(=O)OC(C)C2=O. The quantitative estimate of drug-likeness (QED) is 0.408. The van der Waals surface area contributed by atoms with E-state index in [2.05, 4.69) is 0 Å². The summed E-state index contributed by atoms with van der Waals surface area (Å²) < 4.78 is 4.89. The molecule has 0 amide bonds. The van der Waals surface area contributed by atoms with E-state index in [0.717, 1.165) is 0 Å². The van der Waals surface area contributed by atoms with Crippen LogP contribution in [0.3, 0.4) is 0 Å². The van der Waals surface area contributed by atoms with E-state index >= 15 is 0 Å². The first-order valence-corrected chi connectivity index (χ1v) is 5.74. The van der Waals surface area contributed by atoms with Gasteiger partial charge in [0.15, 0.2) is 23.1 Å². The molecule has 0 aromatic heterocycles. The van der Waals surface area contributed by atoms with E-state index in [-0.39, 0.29) is 0 Å². The van der Waals surface area contributed by atoms with Crippen molar-refractivity contribution in [2.45, 2.75) is 26.1 Å². The van der Waals surface area contributed by atoms with E-state index in [9.17, 15) is 19.5 Å². The van der Waals surface area contributed by atoms with Crippen molar-refractivity contribution in [3.8, 4) is 0 Å². The number of allylic oxidation sites excluding steroid dienone is 3. The number of rotatable bonds is 1.